The first-order valence-corrected chi connectivity index (χ1v) is 5.99. The molecule has 1 aromatic rings. The summed E-state index contributed by atoms with van der Waals surface area (Å²) in [4.78, 5) is 23.7. The Hall–Kier alpha value is -2.24. The fraction of sp³-hybridized carbons (Fsp3) is 0.385. The molecule has 0 aliphatic rings. The number of nitrogens with zero attached hydrogens (tertiary/aromatic N) is 1. The number of benzene rings is 1. The molecule has 0 heterocycles. The molecule has 19 heavy (non-hydrogen) atoms. The minimum Gasteiger partial charge on any atom is -0.481 e. The van der Waals surface area contributed by atoms with Gasteiger partial charge in [0.1, 0.15) is 0 Å². The van der Waals surface area contributed by atoms with Crippen LogP contribution in [-0.2, 0) is 11.3 Å². The van der Waals surface area contributed by atoms with E-state index in [1.807, 2.05) is 43.3 Å². The van der Waals surface area contributed by atoms with Crippen molar-refractivity contribution in [2.24, 2.45) is 0 Å². The zero-order valence-corrected chi connectivity index (χ0v) is 11.1. The van der Waals surface area contributed by atoms with Crippen molar-refractivity contribution in [3.05, 3.63) is 29.8 Å². The van der Waals surface area contributed by atoms with E-state index in [1.165, 1.54) is 0 Å². The van der Waals surface area contributed by atoms with Crippen LogP contribution in [0.2, 0.25) is 0 Å². The van der Waals surface area contributed by atoms with Gasteiger partial charge >= 0.3 is 12.0 Å². The summed E-state index contributed by atoms with van der Waals surface area (Å²) < 4.78 is 0. The molecule has 0 aromatic heterocycles. The number of carboxylic acid groups (broad SMARTS) is 1. The maximum atomic E-state index is 11.5. The van der Waals surface area contributed by atoms with Crippen LogP contribution in [-0.4, -0.2) is 37.7 Å². The van der Waals surface area contributed by atoms with E-state index in [4.69, 9.17) is 5.11 Å². The molecule has 0 spiro atoms. The van der Waals surface area contributed by atoms with Crippen molar-refractivity contribution >= 4 is 17.7 Å². The van der Waals surface area contributed by atoms with E-state index >= 15 is 0 Å². The van der Waals surface area contributed by atoms with Gasteiger partial charge in [0.2, 0.25) is 0 Å². The number of urea groups is 1. The van der Waals surface area contributed by atoms with Crippen LogP contribution in [0.4, 0.5) is 10.5 Å². The van der Waals surface area contributed by atoms with Crippen LogP contribution in [0.15, 0.2) is 24.3 Å². The van der Waals surface area contributed by atoms with Crippen LogP contribution in [0, 0.1) is 0 Å². The molecule has 6 heteroatoms. The molecule has 104 valence electrons. The van der Waals surface area contributed by atoms with Crippen molar-refractivity contribution in [1.82, 2.24) is 10.6 Å². The predicted octanol–water partition coefficient (Wildman–Crippen LogP) is 1.03. The summed E-state index contributed by atoms with van der Waals surface area (Å²) in [6.45, 7) is 0.518. The van der Waals surface area contributed by atoms with Crippen molar-refractivity contribution in [2.45, 2.75) is 13.0 Å². The third-order valence-corrected chi connectivity index (χ3v) is 2.54. The number of para-hydroxylation sites is 1. The lowest BCUT2D eigenvalue weighted by Crippen LogP contribution is -2.36. The molecular formula is C13H19N3O3. The van der Waals surface area contributed by atoms with Gasteiger partial charge in [-0.2, -0.15) is 0 Å². The third-order valence-electron chi connectivity index (χ3n) is 2.54. The lowest BCUT2D eigenvalue weighted by Gasteiger charge is -2.17. The summed E-state index contributed by atoms with van der Waals surface area (Å²) in [6, 6.07) is 7.39. The van der Waals surface area contributed by atoms with Gasteiger partial charge in [0.15, 0.2) is 0 Å². The first-order chi connectivity index (χ1) is 9.00. The molecule has 0 atom stereocenters. The summed E-state index contributed by atoms with van der Waals surface area (Å²) in [5, 5.41) is 13.6. The van der Waals surface area contributed by atoms with Crippen molar-refractivity contribution in [3.8, 4) is 0 Å². The molecule has 3 N–H and O–H groups in total. The van der Waals surface area contributed by atoms with Gasteiger partial charge < -0.3 is 20.6 Å². The minimum absolute atomic E-state index is 0.0816. The van der Waals surface area contributed by atoms with E-state index in [2.05, 4.69) is 10.6 Å². The van der Waals surface area contributed by atoms with Crippen LogP contribution in [0.25, 0.3) is 0 Å². The summed E-state index contributed by atoms with van der Waals surface area (Å²) in [6.07, 6.45) is -0.0816. The van der Waals surface area contributed by atoms with Crippen LogP contribution in [0.3, 0.4) is 0 Å². The van der Waals surface area contributed by atoms with Gasteiger partial charge in [0.25, 0.3) is 0 Å². The van der Waals surface area contributed by atoms with Gasteiger partial charge in [-0.05, 0) is 11.6 Å². The summed E-state index contributed by atoms with van der Waals surface area (Å²) in [5.41, 5.74) is 2.04. The Morgan fingerprint density at radius 3 is 2.53 bits per heavy atom. The van der Waals surface area contributed by atoms with Crippen LogP contribution in [0.1, 0.15) is 12.0 Å². The number of carbonyl (C=O) groups excluding carboxylic acids is 1. The van der Waals surface area contributed by atoms with E-state index in [-0.39, 0.29) is 19.0 Å². The second kappa shape index (κ2) is 7.25. The molecule has 0 unspecified atom stereocenters. The Labute approximate surface area is 112 Å². The first-order valence-electron chi connectivity index (χ1n) is 5.99. The SMILES string of the molecule is CN(C)c1ccccc1CNC(=O)NCCC(=O)O. The number of anilines is 1. The summed E-state index contributed by atoms with van der Waals surface area (Å²) in [7, 11) is 3.87. The number of nitrogens with one attached hydrogen (secondary N) is 2. The van der Waals surface area contributed by atoms with Crippen molar-refractivity contribution in [3.63, 3.8) is 0 Å². The maximum absolute atomic E-state index is 11.5. The number of rotatable bonds is 6. The van der Waals surface area contributed by atoms with E-state index < -0.39 is 5.97 Å². The summed E-state index contributed by atoms with van der Waals surface area (Å²) in [5.74, 6) is -0.932. The maximum Gasteiger partial charge on any atom is 0.315 e. The Morgan fingerprint density at radius 1 is 1.21 bits per heavy atom. The molecule has 0 saturated heterocycles. The van der Waals surface area contributed by atoms with Gasteiger partial charge in [0.05, 0.1) is 6.42 Å². The van der Waals surface area contributed by atoms with Crippen LogP contribution >= 0.6 is 0 Å². The third kappa shape index (κ3) is 5.29. The van der Waals surface area contributed by atoms with E-state index in [0.717, 1.165) is 11.3 Å². The highest BCUT2D eigenvalue weighted by Crippen LogP contribution is 2.17. The second-order valence-electron chi connectivity index (χ2n) is 4.28. The average Bonchev–Trinajstić information content (AvgIpc) is 2.36. The number of amides is 2. The smallest absolute Gasteiger partial charge is 0.315 e. The number of carbonyl (C=O) groups is 2. The predicted molar refractivity (Wildman–Crippen MR) is 73.3 cm³/mol. The molecule has 0 radical (unpaired) electrons. The average molecular weight is 265 g/mol. The van der Waals surface area contributed by atoms with Gasteiger partial charge in [0, 0.05) is 32.9 Å². The highest BCUT2D eigenvalue weighted by atomic mass is 16.4. The Bertz CT molecular complexity index is 447. The Morgan fingerprint density at radius 2 is 1.89 bits per heavy atom. The normalized spacial score (nSPS) is 9.79. The lowest BCUT2D eigenvalue weighted by atomic mass is 10.1. The topological polar surface area (TPSA) is 81.7 Å². The molecule has 0 bridgehead atoms. The Balaban J connectivity index is 2.44. The highest BCUT2D eigenvalue weighted by molar-refractivity contribution is 5.75. The van der Waals surface area contributed by atoms with Crippen molar-refractivity contribution in [2.75, 3.05) is 25.5 Å². The van der Waals surface area contributed by atoms with Crippen LogP contribution in [0.5, 0.6) is 0 Å². The fourth-order valence-electron chi connectivity index (χ4n) is 1.62. The largest absolute Gasteiger partial charge is 0.481 e. The van der Waals surface area contributed by atoms with Crippen LogP contribution < -0.4 is 15.5 Å². The lowest BCUT2D eigenvalue weighted by molar-refractivity contribution is -0.136. The van der Waals surface area contributed by atoms with Gasteiger partial charge in [-0.3, -0.25) is 4.79 Å². The number of aliphatic carboxylic acids is 1. The second-order valence-corrected chi connectivity index (χ2v) is 4.28. The van der Waals surface area contributed by atoms with E-state index in [9.17, 15) is 9.59 Å². The molecular weight excluding hydrogens is 246 g/mol. The zero-order valence-electron chi connectivity index (χ0n) is 11.1. The van der Waals surface area contributed by atoms with Gasteiger partial charge in [-0.1, -0.05) is 18.2 Å². The molecule has 1 aromatic carbocycles. The quantitative estimate of drug-likeness (QED) is 0.717. The minimum atomic E-state index is -0.932. The summed E-state index contributed by atoms with van der Waals surface area (Å²) >= 11 is 0. The molecule has 0 saturated carbocycles. The van der Waals surface area contributed by atoms with Gasteiger partial charge in [-0.15, -0.1) is 0 Å². The molecule has 0 aliphatic heterocycles. The standard InChI is InChI=1S/C13H19N3O3/c1-16(2)11-6-4-3-5-10(11)9-15-13(19)14-8-7-12(17)18/h3-6H,7-9H2,1-2H3,(H,17,18)(H2,14,15,19). The van der Waals surface area contributed by atoms with Crippen molar-refractivity contribution in [1.29, 1.82) is 0 Å². The number of carboxylic acids is 1. The number of hydrogen-bond acceptors (Lipinski definition) is 3. The highest BCUT2D eigenvalue weighted by Gasteiger charge is 2.06. The molecule has 1 rings (SSSR count). The molecule has 0 fully saturated rings. The zero-order chi connectivity index (χ0) is 14.3. The fourth-order valence-corrected chi connectivity index (χ4v) is 1.62. The first kappa shape index (κ1) is 14.8. The van der Waals surface area contributed by atoms with E-state index in [1.54, 1.807) is 0 Å². The Kier molecular flexibility index (Phi) is 5.66. The van der Waals surface area contributed by atoms with Crippen molar-refractivity contribution < 1.29 is 14.7 Å². The monoisotopic (exact) mass is 265 g/mol. The molecule has 2 amide bonds. The number of hydrogen-bond donors (Lipinski definition) is 3. The van der Waals surface area contributed by atoms with Gasteiger partial charge in [-0.25, -0.2) is 4.79 Å². The molecule has 0 aliphatic carbocycles. The molecule has 6 nitrogen and oxygen atoms in total. The van der Waals surface area contributed by atoms with E-state index in [0.29, 0.717) is 6.54 Å².